The zero-order valence-corrected chi connectivity index (χ0v) is 9.68. The van der Waals surface area contributed by atoms with Gasteiger partial charge in [-0.3, -0.25) is 4.79 Å². The molecule has 0 aliphatic carbocycles. The monoisotopic (exact) mass is 222 g/mol. The first-order valence-electron chi connectivity index (χ1n) is 5.39. The number of rotatable bonds is 5. The molecule has 0 bridgehead atoms. The van der Waals surface area contributed by atoms with Gasteiger partial charge in [-0.1, -0.05) is 13.8 Å². The van der Waals surface area contributed by atoms with E-state index in [0.717, 1.165) is 5.69 Å². The third kappa shape index (κ3) is 4.35. The first-order chi connectivity index (χ1) is 7.59. The van der Waals surface area contributed by atoms with Crippen LogP contribution in [0.15, 0.2) is 18.3 Å². The Morgan fingerprint density at radius 2 is 2.31 bits per heavy atom. The molecular formula is C11H18N4O. The molecule has 1 rings (SSSR count). The highest BCUT2D eigenvalue weighted by atomic mass is 16.2. The minimum absolute atomic E-state index is 0.139. The van der Waals surface area contributed by atoms with Gasteiger partial charge in [-0.15, -0.1) is 0 Å². The molecule has 0 radical (unpaired) electrons. The molecule has 0 saturated carbocycles. The summed E-state index contributed by atoms with van der Waals surface area (Å²) in [4.78, 5) is 11.6. The van der Waals surface area contributed by atoms with Gasteiger partial charge in [0.2, 0.25) is 5.91 Å². The van der Waals surface area contributed by atoms with Crippen molar-refractivity contribution in [2.24, 2.45) is 11.7 Å². The number of carbonyl (C=O) groups is 1. The van der Waals surface area contributed by atoms with Crippen molar-refractivity contribution in [1.82, 2.24) is 15.5 Å². The summed E-state index contributed by atoms with van der Waals surface area (Å²) in [5, 5.41) is 10.3. The molecule has 0 aromatic carbocycles. The summed E-state index contributed by atoms with van der Waals surface area (Å²) in [5.74, 6) is 0.275. The first kappa shape index (κ1) is 12.6. The number of aromatic nitrogens is 2. The van der Waals surface area contributed by atoms with Gasteiger partial charge in [0.25, 0.3) is 0 Å². The van der Waals surface area contributed by atoms with E-state index < -0.39 is 6.04 Å². The molecule has 5 heteroatoms. The van der Waals surface area contributed by atoms with E-state index in [1.165, 1.54) is 0 Å². The van der Waals surface area contributed by atoms with Crippen molar-refractivity contribution >= 4 is 5.91 Å². The van der Waals surface area contributed by atoms with E-state index in [1.54, 1.807) is 18.3 Å². The molecule has 1 heterocycles. The fourth-order valence-corrected chi connectivity index (χ4v) is 1.35. The lowest BCUT2D eigenvalue weighted by atomic mass is 10.0. The van der Waals surface area contributed by atoms with Gasteiger partial charge in [0.1, 0.15) is 0 Å². The molecule has 5 nitrogen and oxygen atoms in total. The summed E-state index contributed by atoms with van der Waals surface area (Å²) in [6.45, 7) is 4.45. The number of hydrogen-bond donors (Lipinski definition) is 2. The fourth-order valence-electron chi connectivity index (χ4n) is 1.35. The first-order valence-corrected chi connectivity index (χ1v) is 5.39. The Balaban J connectivity index is 2.35. The molecule has 16 heavy (non-hydrogen) atoms. The number of nitrogens with two attached hydrogens (primary N) is 1. The summed E-state index contributed by atoms with van der Waals surface area (Å²) in [5.41, 5.74) is 6.46. The zero-order valence-electron chi connectivity index (χ0n) is 9.68. The lowest BCUT2D eigenvalue weighted by Crippen LogP contribution is -2.41. The van der Waals surface area contributed by atoms with Gasteiger partial charge in [-0.05, 0) is 24.5 Å². The summed E-state index contributed by atoms with van der Waals surface area (Å²) in [6.07, 6.45) is 2.28. The van der Waals surface area contributed by atoms with Gasteiger partial charge in [-0.25, -0.2) is 0 Å². The summed E-state index contributed by atoms with van der Waals surface area (Å²) in [7, 11) is 0. The van der Waals surface area contributed by atoms with Crippen molar-refractivity contribution in [3.63, 3.8) is 0 Å². The summed E-state index contributed by atoms with van der Waals surface area (Å²) in [6, 6.07) is 3.14. The fraction of sp³-hybridized carbons (Fsp3) is 0.545. The van der Waals surface area contributed by atoms with Gasteiger partial charge in [0.05, 0.1) is 18.3 Å². The molecule has 1 aromatic rings. The number of nitrogens with one attached hydrogen (secondary N) is 1. The van der Waals surface area contributed by atoms with Gasteiger partial charge in [0.15, 0.2) is 0 Å². The minimum atomic E-state index is -0.448. The third-order valence-corrected chi connectivity index (χ3v) is 2.13. The van der Waals surface area contributed by atoms with Crippen LogP contribution in [-0.2, 0) is 11.3 Å². The number of amides is 1. The Labute approximate surface area is 95.4 Å². The van der Waals surface area contributed by atoms with Gasteiger partial charge < -0.3 is 11.1 Å². The molecule has 0 aliphatic rings. The Hall–Kier alpha value is -1.49. The van der Waals surface area contributed by atoms with E-state index in [-0.39, 0.29) is 5.91 Å². The minimum Gasteiger partial charge on any atom is -0.349 e. The van der Waals surface area contributed by atoms with E-state index >= 15 is 0 Å². The van der Waals surface area contributed by atoms with Gasteiger partial charge >= 0.3 is 0 Å². The Morgan fingerprint density at radius 1 is 1.56 bits per heavy atom. The van der Waals surface area contributed by atoms with Crippen molar-refractivity contribution in [3.05, 3.63) is 24.0 Å². The summed E-state index contributed by atoms with van der Waals surface area (Å²) < 4.78 is 0. The molecular weight excluding hydrogens is 204 g/mol. The second-order valence-electron chi connectivity index (χ2n) is 4.17. The van der Waals surface area contributed by atoms with Gasteiger partial charge in [0, 0.05) is 6.20 Å². The van der Waals surface area contributed by atoms with E-state index in [1.807, 2.05) is 13.8 Å². The van der Waals surface area contributed by atoms with Crippen LogP contribution in [0.3, 0.4) is 0 Å². The van der Waals surface area contributed by atoms with Crippen LogP contribution in [0.2, 0.25) is 0 Å². The maximum absolute atomic E-state index is 11.6. The molecule has 1 amide bonds. The molecule has 0 saturated heterocycles. The molecule has 0 spiro atoms. The lowest BCUT2D eigenvalue weighted by molar-refractivity contribution is -0.122. The normalized spacial score (nSPS) is 12.5. The highest BCUT2D eigenvalue weighted by Gasteiger charge is 2.14. The quantitative estimate of drug-likeness (QED) is 0.758. The molecule has 88 valence electrons. The van der Waals surface area contributed by atoms with E-state index in [9.17, 15) is 4.79 Å². The van der Waals surface area contributed by atoms with E-state index in [0.29, 0.717) is 18.9 Å². The van der Waals surface area contributed by atoms with Crippen LogP contribution in [0.4, 0.5) is 0 Å². The van der Waals surface area contributed by atoms with Crippen molar-refractivity contribution < 1.29 is 4.79 Å². The predicted molar refractivity (Wildman–Crippen MR) is 61.3 cm³/mol. The largest absolute Gasteiger partial charge is 0.349 e. The van der Waals surface area contributed by atoms with Crippen LogP contribution in [0.25, 0.3) is 0 Å². The van der Waals surface area contributed by atoms with E-state index in [4.69, 9.17) is 5.73 Å². The molecule has 1 unspecified atom stereocenters. The van der Waals surface area contributed by atoms with Crippen molar-refractivity contribution in [3.8, 4) is 0 Å². The van der Waals surface area contributed by atoms with E-state index in [2.05, 4.69) is 15.5 Å². The molecule has 0 aliphatic heterocycles. The lowest BCUT2D eigenvalue weighted by Gasteiger charge is -2.13. The van der Waals surface area contributed by atoms with Crippen LogP contribution in [0.5, 0.6) is 0 Å². The SMILES string of the molecule is CC(C)CC(N)C(=O)NCc1cccnn1. The molecule has 1 aromatic heterocycles. The van der Waals surface area contributed by atoms with Gasteiger partial charge in [-0.2, -0.15) is 10.2 Å². The van der Waals surface area contributed by atoms with Crippen LogP contribution in [-0.4, -0.2) is 22.1 Å². The third-order valence-electron chi connectivity index (χ3n) is 2.13. The van der Waals surface area contributed by atoms with Crippen molar-refractivity contribution in [2.75, 3.05) is 0 Å². The smallest absolute Gasteiger partial charge is 0.237 e. The Kier molecular flexibility index (Phi) is 4.85. The highest BCUT2D eigenvalue weighted by molar-refractivity contribution is 5.81. The van der Waals surface area contributed by atoms with Crippen LogP contribution >= 0.6 is 0 Å². The molecule has 3 N–H and O–H groups in total. The number of carbonyl (C=O) groups excluding carboxylic acids is 1. The highest BCUT2D eigenvalue weighted by Crippen LogP contribution is 2.02. The maximum atomic E-state index is 11.6. The Morgan fingerprint density at radius 3 is 2.88 bits per heavy atom. The van der Waals surface area contributed by atoms with Crippen LogP contribution < -0.4 is 11.1 Å². The van der Waals surface area contributed by atoms with Crippen molar-refractivity contribution in [1.29, 1.82) is 0 Å². The zero-order chi connectivity index (χ0) is 12.0. The molecule has 0 fully saturated rings. The predicted octanol–water partition coefficient (Wildman–Crippen LogP) is 0.466. The second-order valence-corrected chi connectivity index (χ2v) is 4.17. The van der Waals surface area contributed by atoms with Crippen LogP contribution in [0, 0.1) is 5.92 Å². The standard InChI is InChI=1S/C11H18N4O/c1-8(2)6-10(12)11(16)13-7-9-4-3-5-14-15-9/h3-5,8,10H,6-7,12H2,1-2H3,(H,13,16). The average molecular weight is 222 g/mol. The average Bonchev–Trinajstić information content (AvgIpc) is 2.26. The summed E-state index contributed by atoms with van der Waals surface area (Å²) >= 11 is 0. The maximum Gasteiger partial charge on any atom is 0.237 e. The number of hydrogen-bond acceptors (Lipinski definition) is 4. The van der Waals surface area contributed by atoms with Crippen molar-refractivity contribution in [2.45, 2.75) is 32.9 Å². The topological polar surface area (TPSA) is 80.9 Å². The second kappa shape index (κ2) is 6.17. The Bertz CT molecular complexity index is 326. The van der Waals surface area contributed by atoms with Crippen LogP contribution in [0.1, 0.15) is 26.0 Å². The number of nitrogens with zero attached hydrogens (tertiary/aromatic N) is 2. The molecule has 1 atom stereocenters.